The lowest BCUT2D eigenvalue weighted by Gasteiger charge is -2.23. The first-order valence-corrected chi connectivity index (χ1v) is 7.06. The summed E-state index contributed by atoms with van der Waals surface area (Å²) < 4.78 is 11.2. The van der Waals surface area contributed by atoms with E-state index < -0.39 is 0 Å². The average molecular weight is 262 g/mol. The fraction of sp³-hybridized carbons (Fsp3) is 0.600. The number of hydrogen-bond donors (Lipinski definition) is 1. The highest BCUT2D eigenvalue weighted by Crippen LogP contribution is 2.32. The monoisotopic (exact) mass is 262 g/mol. The zero-order chi connectivity index (χ0) is 13.2. The molecule has 0 aliphatic carbocycles. The first kappa shape index (κ1) is 12.8. The molecule has 2 unspecified atom stereocenters. The van der Waals surface area contributed by atoms with Crippen LogP contribution in [0.2, 0.25) is 0 Å². The number of likely N-dealkylation sites (tertiary alicyclic amines) is 1. The van der Waals surface area contributed by atoms with Gasteiger partial charge in [-0.2, -0.15) is 0 Å². The third kappa shape index (κ3) is 2.85. The molecule has 0 spiro atoms. The summed E-state index contributed by atoms with van der Waals surface area (Å²) in [6.07, 6.45) is 1.23. The zero-order valence-electron chi connectivity index (χ0n) is 11.7. The molecule has 1 aromatic carbocycles. The van der Waals surface area contributed by atoms with Crippen LogP contribution in [0.5, 0.6) is 11.5 Å². The number of likely N-dealkylation sites (N-methyl/N-ethyl adjacent to an activating group) is 1. The molecule has 1 saturated heterocycles. The predicted molar refractivity (Wildman–Crippen MR) is 74.9 cm³/mol. The molecule has 2 aliphatic heterocycles. The van der Waals surface area contributed by atoms with Crippen LogP contribution < -0.4 is 14.8 Å². The number of rotatable bonds is 3. The van der Waals surface area contributed by atoms with E-state index in [0.29, 0.717) is 25.3 Å². The van der Waals surface area contributed by atoms with E-state index in [4.69, 9.17) is 9.47 Å². The van der Waals surface area contributed by atoms with Crippen molar-refractivity contribution in [3.63, 3.8) is 0 Å². The van der Waals surface area contributed by atoms with Crippen molar-refractivity contribution in [1.29, 1.82) is 0 Å². The maximum absolute atomic E-state index is 5.64. The lowest BCUT2D eigenvalue weighted by molar-refractivity contribution is 0.171. The molecule has 4 nitrogen and oxygen atoms in total. The fourth-order valence-electron chi connectivity index (χ4n) is 2.85. The summed E-state index contributed by atoms with van der Waals surface area (Å²) in [5, 5.41) is 3.69. The van der Waals surface area contributed by atoms with Gasteiger partial charge in [-0.15, -0.1) is 0 Å². The second kappa shape index (κ2) is 5.39. The van der Waals surface area contributed by atoms with E-state index in [1.54, 1.807) is 0 Å². The third-order valence-corrected chi connectivity index (χ3v) is 3.94. The van der Waals surface area contributed by atoms with Crippen LogP contribution in [-0.4, -0.2) is 44.3 Å². The van der Waals surface area contributed by atoms with Crippen LogP contribution in [0.15, 0.2) is 18.2 Å². The van der Waals surface area contributed by atoms with E-state index in [9.17, 15) is 0 Å². The van der Waals surface area contributed by atoms with Crippen LogP contribution in [0.4, 0.5) is 0 Å². The summed E-state index contributed by atoms with van der Waals surface area (Å²) in [7, 11) is 2.18. The van der Waals surface area contributed by atoms with E-state index in [-0.39, 0.29) is 0 Å². The highest BCUT2D eigenvalue weighted by Gasteiger charge is 2.22. The maximum atomic E-state index is 5.64. The van der Waals surface area contributed by atoms with Gasteiger partial charge in [-0.1, -0.05) is 6.07 Å². The van der Waals surface area contributed by atoms with Gasteiger partial charge in [0.05, 0.1) is 0 Å². The van der Waals surface area contributed by atoms with Gasteiger partial charge in [-0.3, -0.25) is 0 Å². The SMILES string of the molecule is CC(NC1CCN(C)C1)c1ccc2c(c1)OCCO2. The minimum atomic E-state index is 0.340. The Morgan fingerprint density at radius 3 is 2.79 bits per heavy atom. The molecule has 2 aliphatic rings. The average Bonchev–Trinajstić information content (AvgIpc) is 2.83. The van der Waals surface area contributed by atoms with E-state index in [1.165, 1.54) is 18.5 Å². The van der Waals surface area contributed by atoms with Crippen molar-refractivity contribution in [1.82, 2.24) is 10.2 Å². The highest BCUT2D eigenvalue weighted by molar-refractivity contribution is 5.44. The van der Waals surface area contributed by atoms with Gasteiger partial charge in [0.15, 0.2) is 11.5 Å². The third-order valence-electron chi connectivity index (χ3n) is 3.94. The molecule has 0 radical (unpaired) electrons. The van der Waals surface area contributed by atoms with Gasteiger partial charge in [0.2, 0.25) is 0 Å². The van der Waals surface area contributed by atoms with Crippen LogP contribution >= 0.6 is 0 Å². The van der Waals surface area contributed by atoms with Gasteiger partial charge in [0.25, 0.3) is 0 Å². The van der Waals surface area contributed by atoms with Crippen LogP contribution in [0, 0.1) is 0 Å². The molecular formula is C15H22N2O2. The van der Waals surface area contributed by atoms with Gasteiger partial charge in [0.1, 0.15) is 13.2 Å². The quantitative estimate of drug-likeness (QED) is 0.901. The van der Waals surface area contributed by atoms with Crippen molar-refractivity contribution in [2.45, 2.75) is 25.4 Å². The van der Waals surface area contributed by atoms with Crippen molar-refractivity contribution in [2.75, 3.05) is 33.4 Å². The number of benzene rings is 1. The summed E-state index contributed by atoms with van der Waals surface area (Å²) in [4.78, 5) is 2.37. The molecule has 0 amide bonds. The minimum Gasteiger partial charge on any atom is -0.486 e. The van der Waals surface area contributed by atoms with E-state index >= 15 is 0 Å². The molecule has 1 fully saturated rings. The molecule has 4 heteroatoms. The Bertz CT molecular complexity index is 450. The normalized spacial score (nSPS) is 24.4. The molecule has 104 valence electrons. The predicted octanol–water partition coefficient (Wildman–Crippen LogP) is 1.81. The zero-order valence-corrected chi connectivity index (χ0v) is 11.7. The van der Waals surface area contributed by atoms with Gasteiger partial charge in [-0.05, 0) is 44.6 Å². The van der Waals surface area contributed by atoms with E-state index in [1.807, 2.05) is 6.07 Å². The van der Waals surface area contributed by atoms with Crippen LogP contribution in [0.1, 0.15) is 24.9 Å². The highest BCUT2D eigenvalue weighted by atomic mass is 16.6. The number of fused-ring (bicyclic) bond motifs is 1. The Balaban J connectivity index is 1.67. The Kier molecular flexibility index (Phi) is 3.62. The number of nitrogens with zero attached hydrogens (tertiary/aromatic N) is 1. The molecule has 19 heavy (non-hydrogen) atoms. The summed E-state index contributed by atoms with van der Waals surface area (Å²) in [5.74, 6) is 1.74. The maximum Gasteiger partial charge on any atom is 0.161 e. The van der Waals surface area contributed by atoms with Gasteiger partial charge in [0, 0.05) is 18.6 Å². The summed E-state index contributed by atoms with van der Waals surface area (Å²) in [5.41, 5.74) is 1.26. The molecule has 0 saturated carbocycles. The van der Waals surface area contributed by atoms with Crippen molar-refractivity contribution in [2.24, 2.45) is 0 Å². The Hall–Kier alpha value is -1.26. The first-order chi connectivity index (χ1) is 9.22. The van der Waals surface area contributed by atoms with Crippen molar-refractivity contribution in [3.8, 4) is 11.5 Å². The fourth-order valence-corrected chi connectivity index (χ4v) is 2.85. The lowest BCUT2D eigenvalue weighted by Crippen LogP contribution is -2.33. The Morgan fingerprint density at radius 2 is 2.05 bits per heavy atom. The smallest absolute Gasteiger partial charge is 0.161 e. The Labute approximate surface area is 114 Å². The molecule has 3 rings (SSSR count). The van der Waals surface area contributed by atoms with Crippen LogP contribution in [0.25, 0.3) is 0 Å². The van der Waals surface area contributed by atoms with Crippen LogP contribution in [0.3, 0.4) is 0 Å². The first-order valence-electron chi connectivity index (χ1n) is 7.06. The summed E-state index contributed by atoms with van der Waals surface area (Å²) in [6.45, 7) is 5.82. The molecule has 0 bridgehead atoms. The van der Waals surface area contributed by atoms with Crippen molar-refractivity contribution in [3.05, 3.63) is 23.8 Å². The Morgan fingerprint density at radius 1 is 1.26 bits per heavy atom. The van der Waals surface area contributed by atoms with Crippen LogP contribution in [-0.2, 0) is 0 Å². The number of nitrogens with one attached hydrogen (secondary N) is 1. The topological polar surface area (TPSA) is 33.7 Å². The van der Waals surface area contributed by atoms with Crippen molar-refractivity contribution >= 4 is 0 Å². The molecule has 2 atom stereocenters. The molecular weight excluding hydrogens is 240 g/mol. The molecule has 1 N–H and O–H groups in total. The van der Waals surface area contributed by atoms with E-state index in [2.05, 4.69) is 36.3 Å². The van der Waals surface area contributed by atoms with Gasteiger partial charge >= 0.3 is 0 Å². The second-order valence-corrected chi connectivity index (χ2v) is 5.54. The van der Waals surface area contributed by atoms with Gasteiger partial charge in [-0.25, -0.2) is 0 Å². The largest absolute Gasteiger partial charge is 0.486 e. The van der Waals surface area contributed by atoms with E-state index in [0.717, 1.165) is 18.0 Å². The van der Waals surface area contributed by atoms with Gasteiger partial charge < -0.3 is 19.7 Å². The molecule has 1 aromatic rings. The van der Waals surface area contributed by atoms with Crippen molar-refractivity contribution < 1.29 is 9.47 Å². The lowest BCUT2D eigenvalue weighted by atomic mass is 10.1. The standard InChI is InChI=1S/C15H22N2O2/c1-11(16-13-5-6-17(2)10-13)12-3-4-14-15(9-12)19-8-7-18-14/h3-4,9,11,13,16H,5-8,10H2,1-2H3. The molecule has 0 aromatic heterocycles. The summed E-state index contributed by atoms with van der Waals surface area (Å²) >= 11 is 0. The minimum absolute atomic E-state index is 0.340. The number of ether oxygens (including phenoxy) is 2. The molecule has 2 heterocycles. The second-order valence-electron chi connectivity index (χ2n) is 5.54. The number of hydrogen-bond acceptors (Lipinski definition) is 4. The summed E-state index contributed by atoms with van der Waals surface area (Å²) in [6, 6.07) is 7.18.